The molecule has 6 rings (SSSR count). The van der Waals surface area contributed by atoms with Gasteiger partial charge in [-0.25, -0.2) is 4.98 Å². The van der Waals surface area contributed by atoms with E-state index in [1.165, 1.54) is 0 Å². The number of anilines is 2. The van der Waals surface area contributed by atoms with Crippen LogP contribution in [0.15, 0.2) is 48.4 Å². The monoisotopic (exact) mass is 714 g/mol. The molecule has 0 bridgehead atoms. The molecule has 3 aliphatic heterocycles. The molecule has 0 spiro atoms. The highest BCUT2D eigenvalue weighted by Gasteiger charge is 2.33. The van der Waals surface area contributed by atoms with Gasteiger partial charge in [0.1, 0.15) is 0 Å². The van der Waals surface area contributed by atoms with Crippen molar-refractivity contribution in [3.05, 3.63) is 65.0 Å². The summed E-state index contributed by atoms with van der Waals surface area (Å²) in [4.78, 5) is 42.6. The molecule has 12 heteroatoms. The highest BCUT2D eigenvalue weighted by atomic mass is 16.5. The summed E-state index contributed by atoms with van der Waals surface area (Å²) < 4.78 is 12.4. The molecule has 0 radical (unpaired) electrons. The maximum absolute atomic E-state index is 14.4. The van der Waals surface area contributed by atoms with E-state index in [0.717, 1.165) is 136 Å². The number of allylic oxidation sites excluding steroid dienone is 1. The number of para-hydroxylation sites is 1. The van der Waals surface area contributed by atoms with E-state index >= 15 is 0 Å². The first kappa shape index (κ1) is 37.6. The average molecular weight is 715 g/mol. The summed E-state index contributed by atoms with van der Waals surface area (Å²) >= 11 is 0. The highest BCUT2D eigenvalue weighted by Crippen LogP contribution is 2.26. The molecule has 12 nitrogen and oxygen atoms in total. The summed E-state index contributed by atoms with van der Waals surface area (Å²) in [6.07, 6.45) is 8.63. The van der Waals surface area contributed by atoms with E-state index < -0.39 is 6.10 Å². The van der Waals surface area contributed by atoms with Crippen LogP contribution < -0.4 is 15.5 Å². The summed E-state index contributed by atoms with van der Waals surface area (Å²) in [6, 6.07) is 13.2. The molecular formula is C40H58N8O4. The van der Waals surface area contributed by atoms with Crippen LogP contribution in [0.5, 0.6) is 0 Å². The first-order valence-corrected chi connectivity index (χ1v) is 19.2. The molecule has 1 unspecified atom stereocenters. The van der Waals surface area contributed by atoms with Gasteiger partial charge in [-0.15, -0.1) is 0 Å². The van der Waals surface area contributed by atoms with E-state index in [4.69, 9.17) is 14.5 Å². The molecule has 4 heterocycles. The molecule has 52 heavy (non-hydrogen) atoms. The molecule has 2 atom stereocenters. The Labute approximate surface area is 308 Å². The fourth-order valence-electron chi connectivity index (χ4n) is 7.98. The van der Waals surface area contributed by atoms with Crippen molar-refractivity contribution in [1.29, 1.82) is 0 Å². The smallest absolute Gasteiger partial charge is 0.264 e. The number of aromatic amines is 1. The van der Waals surface area contributed by atoms with Crippen molar-refractivity contribution >= 4 is 35.0 Å². The number of aromatic nitrogens is 2. The molecule has 2 amide bonds. The second kappa shape index (κ2) is 18.1. The maximum atomic E-state index is 14.4. The zero-order chi connectivity index (χ0) is 36.5. The van der Waals surface area contributed by atoms with Crippen LogP contribution in [0.2, 0.25) is 0 Å². The van der Waals surface area contributed by atoms with Crippen molar-refractivity contribution in [3.8, 4) is 0 Å². The molecule has 3 saturated heterocycles. The predicted octanol–water partition coefficient (Wildman–Crippen LogP) is 4.30. The standard InChI is InChI=1S/C40H58N8O4/c1-5-37(47-17-8-10-32(13-18-47)41-16-12-31-9-6-7-11-34(31)42-28-49)52-36(27-30-25-29(2)38-35(26-30)43-40(44-38)45(3)4)39(50)48-21-19-46(20-22-48)33-14-23-51-24-15-33/h5-7,9,11,25-26,28,32-33,36,41H,8,10,12-24,27H2,1-4H3,(H,42,49)(H,43,44)/b37-5+/t32?,36-/m1/s1. The summed E-state index contributed by atoms with van der Waals surface area (Å²) in [7, 11) is 3.96. The number of carbonyl (C=O) groups excluding carboxylic acids is 2. The van der Waals surface area contributed by atoms with Gasteiger partial charge in [0.15, 0.2) is 12.0 Å². The largest absolute Gasteiger partial charge is 0.466 e. The van der Waals surface area contributed by atoms with Gasteiger partial charge in [-0.05, 0) is 93.8 Å². The van der Waals surface area contributed by atoms with E-state index in [0.29, 0.717) is 31.6 Å². The molecule has 282 valence electrons. The number of carbonyl (C=O) groups is 2. The Kier molecular flexibility index (Phi) is 13.1. The average Bonchev–Trinajstić information content (AvgIpc) is 3.48. The summed E-state index contributed by atoms with van der Waals surface area (Å²) in [5.74, 6) is 1.65. The van der Waals surface area contributed by atoms with E-state index in [1.54, 1.807) is 0 Å². The Balaban J connectivity index is 1.12. The fourth-order valence-corrected chi connectivity index (χ4v) is 7.98. The van der Waals surface area contributed by atoms with Gasteiger partial charge in [0, 0.05) is 90.8 Å². The molecule has 2 aromatic carbocycles. The highest BCUT2D eigenvalue weighted by molar-refractivity contribution is 5.84. The molecule has 0 aliphatic carbocycles. The Morgan fingerprint density at radius 3 is 2.60 bits per heavy atom. The number of fused-ring (bicyclic) bond motifs is 1. The third-order valence-corrected chi connectivity index (χ3v) is 10.9. The summed E-state index contributed by atoms with van der Waals surface area (Å²) in [5.41, 5.74) is 6.04. The number of hydrogen-bond acceptors (Lipinski definition) is 9. The van der Waals surface area contributed by atoms with E-state index in [-0.39, 0.29) is 5.91 Å². The Morgan fingerprint density at radius 2 is 1.85 bits per heavy atom. The lowest BCUT2D eigenvalue weighted by Crippen LogP contribution is -2.55. The van der Waals surface area contributed by atoms with Crippen LogP contribution in [0.4, 0.5) is 11.6 Å². The van der Waals surface area contributed by atoms with Gasteiger partial charge >= 0.3 is 0 Å². The van der Waals surface area contributed by atoms with Crippen LogP contribution in [-0.4, -0.2) is 128 Å². The van der Waals surface area contributed by atoms with Gasteiger partial charge in [-0.2, -0.15) is 0 Å². The van der Waals surface area contributed by atoms with Crippen LogP contribution in [0, 0.1) is 6.92 Å². The topological polar surface area (TPSA) is 118 Å². The minimum absolute atomic E-state index is 0.0565. The second-order valence-electron chi connectivity index (χ2n) is 14.6. The van der Waals surface area contributed by atoms with Crippen LogP contribution >= 0.6 is 0 Å². The van der Waals surface area contributed by atoms with Crippen LogP contribution in [-0.2, 0) is 31.9 Å². The SMILES string of the molecule is C/C=C(/O[C@H](Cc1cc(C)c2nc(N(C)C)[nH]c2c1)C(=O)N1CCN(C2CCOCC2)CC1)N1CCCC(NCCc2ccccc2NC=O)CC1. The first-order valence-electron chi connectivity index (χ1n) is 19.2. The minimum Gasteiger partial charge on any atom is -0.466 e. The Hall–Kier alpha value is -4.13. The molecule has 1 aromatic heterocycles. The van der Waals surface area contributed by atoms with Gasteiger partial charge < -0.3 is 39.8 Å². The number of H-pyrrole nitrogens is 1. The van der Waals surface area contributed by atoms with E-state index in [2.05, 4.69) is 50.5 Å². The van der Waals surface area contributed by atoms with Crippen LogP contribution in [0.25, 0.3) is 11.0 Å². The first-order chi connectivity index (χ1) is 25.3. The predicted molar refractivity (Wildman–Crippen MR) is 207 cm³/mol. The van der Waals surface area contributed by atoms with Crippen molar-refractivity contribution in [2.24, 2.45) is 0 Å². The van der Waals surface area contributed by atoms with Crippen LogP contribution in [0.1, 0.15) is 55.7 Å². The van der Waals surface area contributed by atoms with Crippen molar-refractivity contribution < 1.29 is 19.1 Å². The third-order valence-electron chi connectivity index (χ3n) is 10.9. The quantitative estimate of drug-likeness (QED) is 0.166. The fraction of sp³-hybridized carbons (Fsp3) is 0.575. The number of benzene rings is 2. The Morgan fingerprint density at radius 1 is 1.06 bits per heavy atom. The van der Waals surface area contributed by atoms with Crippen LogP contribution in [0.3, 0.4) is 0 Å². The van der Waals surface area contributed by atoms with Crippen molar-refractivity contribution in [1.82, 2.24) is 30.0 Å². The van der Waals surface area contributed by atoms with Gasteiger partial charge in [0.25, 0.3) is 5.91 Å². The third kappa shape index (κ3) is 9.45. The number of ether oxygens (including phenoxy) is 2. The summed E-state index contributed by atoms with van der Waals surface area (Å²) in [6.45, 7) is 11.5. The van der Waals surface area contributed by atoms with Crippen molar-refractivity contribution in [3.63, 3.8) is 0 Å². The molecule has 3 aliphatic rings. The minimum atomic E-state index is -0.647. The maximum Gasteiger partial charge on any atom is 0.264 e. The number of imidazole rings is 1. The lowest BCUT2D eigenvalue weighted by Gasteiger charge is -2.41. The molecular weight excluding hydrogens is 656 g/mol. The normalized spacial score (nSPS) is 20.1. The molecule has 0 saturated carbocycles. The van der Waals surface area contributed by atoms with Gasteiger partial charge in [0.05, 0.1) is 11.0 Å². The zero-order valence-electron chi connectivity index (χ0n) is 31.5. The Bertz CT molecular complexity index is 1660. The second-order valence-corrected chi connectivity index (χ2v) is 14.6. The van der Waals surface area contributed by atoms with E-state index in [9.17, 15) is 9.59 Å². The number of piperazine rings is 1. The lowest BCUT2D eigenvalue weighted by atomic mass is 10.0. The number of amides is 2. The number of nitrogens with one attached hydrogen (secondary N) is 3. The van der Waals surface area contributed by atoms with E-state index in [1.807, 2.05) is 55.1 Å². The number of aryl methyl sites for hydroxylation is 1. The molecule has 3 aromatic rings. The van der Waals surface area contributed by atoms with Gasteiger partial charge in [0.2, 0.25) is 12.4 Å². The zero-order valence-corrected chi connectivity index (χ0v) is 31.5. The summed E-state index contributed by atoms with van der Waals surface area (Å²) in [5, 5.41) is 6.58. The lowest BCUT2D eigenvalue weighted by molar-refractivity contribution is -0.145. The number of nitrogens with zero attached hydrogens (tertiary/aromatic N) is 5. The number of hydrogen-bond donors (Lipinski definition) is 3. The molecule has 3 fully saturated rings. The van der Waals surface area contributed by atoms with Gasteiger partial charge in [-0.3, -0.25) is 14.5 Å². The van der Waals surface area contributed by atoms with Crippen molar-refractivity contribution in [2.75, 3.05) is 83.3 Å². The number of rotatable bonds is 14. The molecule has 3 N–H and O–H groups in total. The number of likely N-dealkylation sites (tertiary alicyclic amines) is 1. The van der Waals surface area contributed by atoms with Gasteiger partial charge in [-0.1, -0.05) is 24.3 Å². The van der Waals surface area contributed by atoms with Crippen molar-refractivity contribution in [2.45, 2.75) is 77.0 Å².